The highest BCUT2D eigenvalue weighted by Crippen LogP contribution is 2.48. The Labute approximate surface area is 173 Å². The van der Waals surface area contributed by atoms with E-state index in [4.69, 9.17) is 0 Å². The molecule has 1 aromatic rings. The lowest BCUT2D eigenvalue weighted by atomic mass is 9.67. The van der Waals surface area contributed by atoms with Gasteiger partial charge in [0, 0.05) is 52.1 Å². The van der Waals surface area contributed by atoms with Gasteiger partial charge in [-0.25, -0.2) is 4.79 Å². The van der Waals surface area contributed by atoms with Crippen LogP contribution in [0.15, 0.2) is 30.3 Å². The van der Waals surface area contributed by atoms with Crippen molar-refractivity contribution in [2.24, 2.45) is 17.8 Å². The number of fused-ring (bicyclic) bond motifs is 1. The monoisotopic (exact) mass is 399 g/mol. The van der Waals surface area contributed by atoms with Crippen LogP contribution in [0, 0.1) is 17.8 Å². The van der Waals surface area contributed by atoms with Gasteiger partial charge < -0.3 is 19.8 Å². The molecule has 1 aromatic carbocycles. The zero-order chi connectivity index (χ0) is 20.6. The van der Waals surface area contributed by atoms with Gasteiger partial charge in [-0.2, -0.15) is 0 Å². The number of benzene rings is 1. The van der Waals surface area contributed by atoms with Crippen LogP contribution in [0.25, 0.3) is 0 Å². The number of carbonyl (C=O) groups is 2. The van der Waals surface area contributed by atoms with Crippen molar-refractivity contribution in [2.75, 3.05) is 40.3 Å². The van der Waals surface area contributed by atoms with Crippen LogP contribution in [0.3, 0.4) is 0 Å². The number of nitrogens with zero attached hydrogens (tertiary/aromatic N) is 3. The van der Waals surface area contributed by atoms with Crippen LogP contribution in [0.2, 0.25) is 0 Å². The molecular weight excluding hydrogens is 366 g/mol. The quantitative estimate of drug-likeness (QED) is 0.831. The summed E-state index contributed by atoms with van der Waals surface area (Å²) in [4.78, 5) is 30.8. The van der Waals surface area contributed by atoms with Crippen LogP contribution in [-0.4, -0.2) is 72.0 Å². The minimum atomic E-state index is -0.833. The highest BCUT2D eigenvalue weighted by molar-refractivity contribution is 5.80. The lowest BCUT2D eigenvalue weighted by Crippen LogP contribution is -2.47. The van der Waals surface area contributed by atoms with Gasteiger partial charge in [0.05, 0.1) is 5.60 Å². The van der Waals surface area contributed by atoms with E-state index in [1.165, 1.54) is 0 Å². The van der Waals surface area contributed by atoms with E-state index >= 15 is 0 Å². The van der Waals surface area contributed by atoms with Crippen molar-refractivity contribution in [2.45, 2.75) is 37.7 Å². The molecule has 3 aliphatic rings. The minimum Gasteiger partial charge on any atom is -0.385 e. The molecule has 29 heavy (non-hydrogen) atoms. The van der Waals surface area contributed by atoms with Crippen molar-refractivity contribution in [3.8, 4) is 0 Å². The maximum absolute atomic E-state index is 13.2. The molecule has 0 unspecified atom stereocenters. The van der Waals surface area contributed by atoms with Crippen molar-refractivity contribution in [1.29, 1.82) is 0 Å². The molecular formula is C23H33N3O3. The van der Waals surface area contributed by atoms with E-state index in [-0.39, 0.29) is 23.8 Å². The first kappa shape index (κ1) is 20.2. The van der Waals surface area contributed by atoms with E-state index in [9.17, 15) is 14.7 Å². The SMILES string of the molecule is CN(C)C(=O)N1CCC(C(=O)N2C[C@H]3CCC[C@](O)(c4ccccc4)[C@H]3C2)CC1. The normalized spacial score (nSPS) is 30.2. The summed E-state index contributed by atoms with van der Waals surface area (Å²) in [6, 6.07) is 10.0. The number of hydrogen-bond donors (Lipinski definition) is 1. The fourth-order valence-corrected chi connectivity index (χ4v) is 5.65. The Bertz CT molecular complexity index is 745. The van der Waals surface area contributed by atoms with Crippen LogP contribution < -0.4 is 0 Å². The third-order valence-corrected chi connectivity index (χ3v) is 7.27. The molecule has 6 heteroatoms. The second-order valence-electron chi connectivity index (χ2n) is 9.23. The Morgan fingerprint density at radius 2 is 1.72 bits per heavy atom. The molecule has 1 aliphatic carbocycles. The molecule has 4 rings (SSSR count). The second-order valence-corrected chi connectivity index (χ2v) is 9.23. The maximum atomic E-state index is 13.2. The molecule has 3 amide bonds. The highest BCUT2D eigenvalue weighted by Gasteiger charge is 2.51. The van der Waals surface area contributed by atoms with E-state index in [0.717, 1.165) is 44.2 Å². The maximum Gasteiger partial charge on any atom is 0.319 e. The fraction of sp³-hybridized carbons (Fsp3) is 0.652. The third kappa shape index (κ3) is 3.75. The standard InChI is InChI=1S/C23H33N3O3/c1-24(2)22(28)25-13-10-17(11-14-25)21(27)26-15-18-7-6-12-23(29,20(18)16-26)19-8-4-3-5-9-19/h3-5,8-9,17-18,20,29H,6-7,10-16H2,1-2H3/t18-,20+,23+/m1/s1. The van der Waals surface area contributed by atoms with Gasteiger partial charge >= 0.3 is 6.03 Å². The van der Waals surface area contributed by atoms with Crippen molar-refractivity contribution in [1.82, 2.24) is 14.7 Å². The Morgan fingerprint density at radius 3 is 2.38 bits per heavy atom. The molecule has 1 saturated carbocycles. The van der Waals surface area contributed by atoms with Gasteiger partial charge in [-0.15, -0.1) is 0 Å². The van der Waals surface area contributed by atoms with Gasteiger partial charge in [0.2, 0.25) is 5.91 Å². The number of piperidine rings is 1. The van der Waals surface area contributed by atoms with Crippen LogP contribution in [0.1, 0.15) is 37.7 Å². The third-order valence-electron chi connectivity index (χ3n) is 7.27. The van der Waals surface area contributed by atoms with Gasteiger partial charge in [-0.05, 0) is 43.6 Å². The van der Waals surface area contributed by atoms with Gasteiger partial charge in [0.1, 0.15) is 0 Å². The number of hydrogen-bond acceptors (Lipinski definition) is 3. The summed E-state index contributed by atoms with van der Waals surface area (Å²) in [5.74, 6) is 0.685. The number of amides is 3. The number of aliphatic hydroxyl groups is 1. The Kier molecular flexibility index (Phi) is 5.56. The Morgan fingerprint density at radius 1 is 1.03 bits per heavy atom. The van der Waals surface area contributed by atoms with Gasteiger partial charge in [-0.3, -0.25) is 4.79 Å². The molecule has 0 radical (unpaired) electrons. The molecule has 3 fully saturated rings. The molecule has 0 bridgehead atoms. The molecule has 2 aliphatic heterocycles. The first-order chi connectivity index (χ1) is 13.9. The van der Waals surface area contributed by atoms with Crippen LogP contribution in [0.4, 0.5) is 4.79 Å². The Hall–Kier alpha value is -2.08. The minimum absolute atomic E-state index is 0.00816. The first-order valence-corrected chi connectivity index (χ1v) is 10.9. The van der Waals surface area contributed by atoms with Crippen molar-refractivity contribution >= 4 is 11.9 Å². The number of carbonyl (C=O) groups excluding carboxylic acids is 2. The molecule has 3 atom stereocenters. The van der Waals surface area contributed by atoms with E-state index in [0.29, 0.717) is 25.6 Å². The van der Waals surface area contributed by atoms with E-state index in [1.807, 2.05) is 40.1 Å². The van der Waals surface area contributed by atoms with Crippen LogP contribution >= 0.6 is 0 Å². The van der Waals surface area contributed by atoms with Crippen LogP contribution in [-0.2, 0) is 10.4 Å². The topological polar surface area (TPSA) is 64.1 Å². The van der Waals surface area contributed by atoms with Gasteiger partial charge in [0.15, 0.2) is 0 Å². The average Bonchev–Trinajstić information content (AvgIpc) is 3.19. The summed E-state index contributed by atoms with van der Waals surface area (Å²) >= 11 is 0. The molecule has 158 valence electrons. The summed E-state index contributed by atoms with van der Waals surface area (Å²) in [5, 5.41) is 11.6. The zero-order valence-corrected chi connectivity index (χ0v) is 17.6. The lowest BCUT2D eigenvalue weighted by Gasteiger charge is -2.41. The van der Waals surface area contributed by atoms with E-state index in [2.05, 4.69) is 0 Å². The summed E-state index contributed by atoms with van der Waals surface area (Å²) < 4.78 is 0. The van der Waals surface area contributed by atoms with Gasteiger partial charge in [-0.1, -0.05) is 30.3 Å². The van der Waals surface area contributed by atoms with Crippen molar-refractivity contribution in [3.63, 3.8) is 0 Å². The second kappa shape index (κ2) is 7.98. The first-order valence-electron chi connectivity index (χ1n) is 10.9. The summed E-state index contributed by atoms with van der Waals surface area (Å²) in [6.07, 6.45) is 4.31. The number of urea groups is 1. The zero-order valence-electron chi connectivity index (χ0n) is 17.6. The smallest absolute Gasteiger partial charge is 0.319 e. The average molecular weight is 400 g/mol. The predicted octanol–water partition coefficient (Wildman–Crippen LogP) is 2.53. The molecule has 2 saturated heterocycles. The largest absolute Gasteiger partial charge is 0.385 e. The Balaban J connectivity index is 1.41. The number of likely N-dealkylation sites (tertiary alicyclic amines) is 2. The molecule has 1 N–H and O–H groups in total. The number of rotatable bonds is 2. The summed E-state index contributed by atoms with van der Waals surface area (Å²) in [7, 11) is 3.53. The molecule has 0 aromatic heterocycles. The lowest BCUT2D eigenvalue weighted by molar-refractivity contribution is -0.136. The molecule has 2 heterocycles. The van der Waals surface area contributed by atoms with E-state index < -0.39 is 5.60 Å². The summed E-state index contributed by atoms with van der Waals surface area (Å²) in [5.41, 5.74) is 0.153. The van der Waals surface area contributed by atoms with Gasteiger partial charge in [0.25, 0.3) is 0 Å². The summed E-state index contributed by atoms with van der Waals surface area (Å²) in [6.45, 7) is 2.69. The highest BCUT2D eigenvalue weighted by atomic mass is 16.3. The van der Waals surface area contributed by atoms with E-state index in [1.54, 1.807) is 19.0 Å². The molecule has 6 nitrogen and oxygen atoms in total. The van der Waals surface area contributed by atoms with Crippen LogP contribution in [0.5, 0.6) is 0 Å². The van der Waals surface area contributed by atoms with Crippen molar-refractivity contribution in [3.05, 3.63) is 35.9 Å². The van der Waals surface area contributed by atoms with Crippen molar-refractivity contribution < 1.29 is 14.7 Å². The molecule has 0 spiro atoms. The fourth-order valence-electron chi connectivity index (χ4n) is 5.65. The predicted molar refractivity (Wildman–Crippen MR) is 111 cm³/mol.